The predicted octanol–water partition coefficient (Wildman–Crippen LogP) is 2.12. The Bertz CT molecular complexity index is 511. The maximum atomic E-state index is 12.3. The molecule has 102 valence electrons. The lowest BCUT2D eigenvalue weighted by atomic mass is 10.1. The highest BCUT2D eigenvalue weighted by Crippen LogP contribution is 2.23. The standard InChI is InChI=1S/C15H20N2O2/c1-4-11-7-5-6-10(2)14(11)16-15(19)12-8-9-13(18)17(12)3/h5-7,12H,4,8-9H2,1-3H3,(H,16,19). The molecule has 1 aliphatic rings. The van der Waals surface area contributed by atoms with Crippen LogP contribution in [-0.4, -0.2) is 29.8 Å². The summed E-state index contributed by atoms with van der Waals surface area (Å²) in [4.78, 5) is 25.3. The topological polar surface area (TPSA) is 49.4 Å². The first-order valence-electron chi connectivity index (χ1n) is 6.69. The first-order valence-corrected chi connectivity index (χ1v) is 6.69. The molecule has 4 heteroatoms. The van der Waals surface area contributed by atoms with Crippen molar-refractivity contribution in [3.05, 3.63) is 29.3 Å². The molecule has 0 bridgehead atoms. The third-order valence-corrected chi connectivity index (χ3v) is 3.78. The molecule has 2 rings (SSSR count). The van der Waals surface area contributed by atoms with Crippen molar-refractivity contribution >= 4 is 17.5 Å². The highest BCUT2D eigenvalue weighted by Gasteiger charge is 2.33. The van der Waals surface area contributed by atoms with Crippen LogP contribution in [0.5, 0.6) is 0 Å². The average Bonchev–Trinajstić information content (AvgIpc) is 2.72. The summed E-state index contributed by atoms with van der Waals surface area (Å²) in [5.41, 5.74) is 3.07. The fourth-order valence-electron chi connectivity index (χ4n) is 2.52. The smallest absolute Gasteiger partial charge is 0.247 e. The van der Waals surface area contributed by atoms with E-state index in [-0.39, 0.29) is 17.9 Å². The number of carbonyl (C=O) groups excluding carboxylic acids is 2. The summed E-state index contributed by atoms with van der Waals surface area (Å²) in [5, 5.41) is 2.99. The molecular weight excluding hydrogens is 240 g/mol. The summed E-state index contributed by atoms with van der Waals surface area (Å²) >= 11 is 0. The normalized spacial score (nSPS) is 18.8. The number of hydrogen-bond donors (Lipinski definition) is 1. The van der Waals surface area contributed by atoms with Crippen molar-refractivity contribution in [1.82, 2.24) is 4.90 Å². The molecule has 0 spiro atoms. The minimum atomic E-state index is -0.336. The van der Waals surface area contributed by atoms with Crippen LogP contribution in [0.3, 0.4) is 0 Å². The van der Waals surface area contributed by atoms with Gasteiger partial charge in [-0.3, -0.25) is 9.59 Å². The molecule has 1 fully saturated rings. The molecule has 1 saturated heterocycles. The number of nitrogens with zero attached hydrogens (tertiary/aromatic N) is 1. The van der Waals surface area contributed by atoms with Gasteiger partial charge in [-0.25, -0.2) is 0 Å². The van der Waals surface area contributed by atoms with Gasteiger partial charge < -0.3 is 10.2 Å². The van der Waals surface area contributed by atoms with E-state index >= 15 is 0 Å². The van der Waals surface area contributed by atoms with E-state index in [2.05, 4.69) is 12.2 Å². The third kappa shape index (κ3) is 2.62. The Kier molecular flexibility index (Phi) is 3.88. The van der Waals surface area contributed by atoms with Crippen LogP contribution in [0.1, 0.15) is 30.9 Å². The van der Waals surface area contributed by atoms with E-state index in [4.69, 9.17) is 0 Å². The highest BCUT2D eigenvalue weighted by molar-refractivity contribution is 5.99. The van der Waals surface area contributed by atoms with Crippen molar-refractivity contribution in [3.8, 4) is 0 Å². The fraction of sp³-hybridized carbons (Fsp3) is 0.467. The molecule has 4 nitrogen and oxygen atoms in total. The monoisotopic (exact) mass is 260 g/mol. The number of rotatable bonds is 3. The molecule has 1 unspecified atom stereocenters. The van der Waals surface area contributed by atoms with E-state index in [0.717, 1.165) is 23.2 Å². The van der Waals surface area contributed by atoms with Crippen molar-refractivity contribution in [2.24, 2.45) is 0 Å². The van der Waals surface area contributed by atoms with Crippen molar-refractivity contribution in [2.45, 2.75) is 39.2 Å². The Morgan fingerprint density at radius 2 is 2.21 bits per heavy atom. The molecule has 19 heavy (non-hydrogen) atoms. The Morgan fingerprint density at radius 3 is 2.79 bits per heavy atom. The first-order chi connectivity index (χ1) is 9.04. The van der Waals surface area contributed by atoms with Gasteiger partial charge in [0, 0.05) is 19.2 Å². The van der Waals surface area contributed by atoms with Crippen LogP contribution >= 0.6 is 0 Å². The van der Waals surface area contributed by atoms with Crippen LogP contribution in [0.15, 0.2) is 18.2 Å². The van der Waals surface area contributed by atoms with Crippen molar-refractivity contribution in [1.29, 1.82) is 0 Å². The Hall–Kier alpha value is -1.84. The number of carbonyl (C=O) groups is 2. The molecule has 1 aromatic rings. The summed E-state index contributed by atoms with van der Waals surface area (Å²) in [5.74, 6) is -0.0435. The van der Waals surface area contributed by atoms with Crippen molar-refractivity contribution < 1.29 is 9.59 Å². The molecule has 1 N–H and O–H groups in total. The zero-order valence-electron chi connectivity index (χ0n) is 11.7. The van der Waals surface area contributed by atoms with Crippen LogP contribution in [0.25, 0.3) is 0 Å². The number of nitrogens with one attached hydrogen (secondary N) is 1. The van der Waals surface area contributed by atoms with Crippen molar-refractivity contribution in [3.63, 3.8) is 0 Å². The van der Waals surface area contributed by atoms with Crippen LogP contribution < -0.4 is 5.32 Å². The lowest BCUT2D eigenvalue weighted by molar-refractivity contribution is -0.131. The molecule has 0 radical (unpaired) electrons. The number of para-hydroxylation sites is 1. The number of amides is 2. The van der Waals surface area contributed by atoms with Gasteiger partial charge in [0.25, 0.3) is 0 Å². The van der Waals surface area contributed by atoms with E-state index in [1.807, 2.05) is 25.1 Å². The van der Waals surface area contributed by atoms with E-state index < -0.39 is 0 Å². The minimum Gasteiger partial charge on any atom is -0.334 e. The first kappa shape index (κ1) is 13.6. The quantitative estimate of drug-likeness (QED) is 0.905. The molecule has 1 aromatic carbocycles. The van der Waals surface area contributed by atoms with Gasteiger partial charge >= 0.3 is 0 Å². The lowest BCUT2D eigenvalue weighted by Crippen LogP contribution is -2.39. The number of likely N-dealkylation sites (N-methyl/N-ethyl adjacent to an activating group) is 1. The zero-order chi connectivity index (χ0) is 14.0. The molecule has 2 amide bonds. The molecular formula is C15H20N2O2. The molecule has 1 atom stereocenters. The van der Waals surface area contributed by atoms with Gasteiger partial charge in [0.1, 0.15) is 6.04 Å². The Labute approximate surface area is 113 Å². The predicted molar refractivity (Wildman–Crippen MR) is 75.0 cm³/mol. The van der Waals surface area contributed by atoms with Gasteiger partial charge in [-0.05, 0) is 30.9 Å². The van der Waals surface area contributed by atoms with Gasteiger partial charge in [0.15, 0.2) is 0 Å². The van der Waals surface area contributed by atoms with Crippen molar-refractivity contribution in [2.75, 3.05) is 12.4 Å². The second kappa shape index (κ2) is 5.43. The molecule has 0 aliphatic carbocycles. The maximum absolute atomic E-state index is 12.3. The second-order valence-corrected chi connectivity index (χ2v) is 5.01. The van der Waals surface area contributed by atoms with Crippen LogP contribution in [-0.2, 0) is 16.0 Å². The van der Waals surface area contributed by atoms with Gasteiger partial charge in [0.2, 0.25) is 11.8 Å². The molecule has 1 aliphatic heterocycles. The highest BCUT2D eigenvalue weighted by atomic mass is 16.2. The molecule has 1 heterocycles. The SMILES string of the molecule is CCc1cccc(C)c1NC(=O)C1CCC(=O)N1C. The minimum absolute atomic E-state index is 0.0423. The fourth-order valence-corrected chi connectivity index (χ4v) is 2.52. The summed E-state index contributed by atoms with van der Waals surface area (Å²) in [6, 6.07) is 5.66. The van der Waals surface area contributed by atoms with Gasteiger partial charge in [-0.1, -0.05) is 25.1 Å². The van der Waals surface area contributed by atoms with Gasteiger partial charge in [0.05, 0.1) is 0 Å². The average molecular weight is 260 g/mol. The van der Waals surface area contributed by atoms with E-state index in [1.165, 1.54) is 0 Å². The number of hydrogen-bond acceptors (Lipinski definition) is 2. The Morgan fingerprint density at radius 1 is 1.47 bits per heavy atom. The largest absolute Gasteiger partial charge is 0.334 e. The Balaban J connectivity index is 2.18. The van der Waals surface area contributed by atoms with Crippen LogP contribution in [0, 0.1) is 6.92 Å². The van der Waals surface area contributed by atoms with Gasteiger partial charge in [-0.2, -0.15) is 0 Å². The summed E-state index contributed by atoms with van der Waals surface area (Å²) in [6.07, 6.45) is 1.94. The van der Waals surface area contributed by atoms with Crippen LogP contribution in [0.4, 0.5) is 5.69 Å². The molecule has 0 aromatic heterocycles. The second-order valence-electron chi connectivity index (χ2n) is 5.01. The zero-order valence-corrected chi connectivity index (χ0v) is 11.7. The number of benzene rings is 1. The van der Waals surface area contributed by atoms with Crippen LogP contribution in [0.2, 0.25) is 0 Å². The molecule has 0 saturated carbocycles. The van der Waals surface area contributed by atoms with Gasteiger partial charge in [-0.15, -0.1) is 0 Å². The number of likely N-dealkylation sites (tertiary alicyclic amines) is 1. The summed E-state index contributed by atoms with van der Waals surface area (Å²) in [7, 11) is 1.69. The maximum Gasteiger partial charge on any atom is 0.247 e. The van der Waals surface area contributed by atoms with E-state index in [9.17, 15) is 9.59 Å². The summed E-state index contributed by atoms with van der Waals surface area (Å²) < 4.78 is 0. The van der Waals surface area contributed by atoms with E-state index in [1.54, 1.807) is 11.9 Å². The number of aryl methyl sites for hydroxylation is 2. The number of anilines is 1. The summed E-state index contributed by atoms with van der Waals surface area (Å²) in [6.45, 7) is 4.05. The third-order valence-electron chi connectivity index (χ3n) is 3.78. The lowest BCUT2D eigenvalue weighted by Gasteiger charge is -2.21. The van der Waals surface area contributed by atoms with E-state index in [0.29, 0.717) is 12.8 Å².